The second kappa shape index (κ2) is 9.46. The molecular formula is C20H33N5O2. The molecule has 0 spiro atoms. The lowest BCUT2D eigenvalue weighted by Gasteiger charge is -2.36. The molecule has 2 heterocycles. The number of carbonyl (C=O) groups excluding carboxylic acids is 2. The van der Waals surface area contributed by atoms with Crippen LogP contribution in [0.4, 0.5) is 0 Å². The predicted molar refractivity (Wildman–Crippen MR) is 104 cm³/mol. The number of nitrogens with one attached hydrogen (secondary N) is 1. The number of rotatable bonds is 6. The van der Waals surface area contributed by atoms with E-state index in [4.69, 9.17) is 0 Å². The molecule has 2 aliphatic rings. The Morgan fingerprint density at radius 1 is 1.26 bits per heavy atom. The molecule has 0 radical (unpaired) electrons. The average Bonchev–Trinajstić information content (AvgIpc) is 3.08. The zero-order valence-corrected chi connectivity index (χ0v) is 16.7. The predicted octanol–water partition coefficient (Wildman–Crippen LogP) is 1.42. The summed E-state index contributed by atoms with van der Waals surface area (Å²) in [6.07, 6.45) is 8.93. The van der Waals surface area contributed by atoms with Gasteiger partial charge in [0.1, 0.15) is 5.82 Å². The smallest absolute Gasteiger partial charge is 0.243 e. The standard InChI is InChI=1S/C20H33N5O2/c1-16(14-24-13-10-22-17(24)2)20(27)25(18-6-4-3-5-7-18)19(26)15-23-11-8-21-9-12-23/h10,13,16,18,21H,3-9,11-12,14-15H2,1-2H3. The lowest BCUT2D eigenvalue weighted by Crippen LogP contribution is -2.54. The normalized spacial score (nSPS) is 20.4. The third-order valence-electron chi connectivity index (χ3n) is 5.83. The van der Waals surface area contributed by atoms with Crippen LogP contribution in [0.15, 0.2) is 12.4 Å². The first-order valence-electron chi connectivity index (χ1n) is 10.3. The van der Waals surface area contributed by atoms with Gasteiger partial charge in [-0.05, 0) is 19.8 Å². The second-order valence-electron chi connectivity index (χ2n) is 7.95. The monoisotopic (exact) mass is 375 g/mol. The van der Waals surface area contributed by atoms with Crippen LogP contribution in [0.1, 0.15) is 44.9 Å². The van der Waals surface area contributed by atoms with E-state index in [9.17, 15) is 9.59 Å². The largest absolute Gasteiger partial charge is 0.334 e. The van der Waals surface area contributed by atoms with Crippen LogP contribution in [-0.2, 0) is 16.1 Å². The van der Waals surface area contributed by atoms with Gasteiger partial charge in [0.05, 0.1) is 12.5 Å². The summed E-state index contributed by atoms with van der Waals surface area (Å²) >= 11 is 0. The van der Waals surface area contributed by atoms with Gasteiger partial charge in [0.25, 0.3) is 0 Å². The quantitative estimate of drug-likeness (QED) is 0.814. The molecular weight excluding hydrogens is 342 g/mol. The molecule has 1 atom stereocenters. The van der Waals surface area contributed by atoms with Gasteiger partial charge in [-0.15, -0.1) is 0 Å². The molecule has 2 amide bonds. The molecule has 7 nitrogen and oxygen atoms in total. The molecule has 1 unspecified atom stereocenters. The molecule has 1 saturated carbocycles. The Morgan fingerprint density at radius 3 is 2.59 bits per heavy atom. The maximum atomic E-state index is 13.3. The SMILES string of the molecule is Cc1nccn1CC(C)C(=O)N(C(=O)CN1CCNCC1)C1CCCCC1. The first kappa shape index (κ1) is 20.0. The number of hydrogen-bond acceptors (Lipinski definition) is 5. The number of carbonyl (C=O) groups is 2. The van der Waals surface area contributed by atoms with Gasteiger partial charge in [-0.3, -0.25) is 19.4 Å². The minimum atomic E-state index is -0.244. The molecule has 1 aromatic rings. The maximum Gasteiger partial charge on any atom is 0.243 e. The van der Waals surface area contributed by atoms with Crippen LogP contribution < -0.4 is 5.32 Å². The third kappa shape index (κ3) is 5.17. The number of piperazine rings is 1. The molecule has 27 heavy (non-hydrogen) atoms. The molecule has 1 N–H and O–H groups in total. The van der Waals surface area contributed by atoms with Gasteiger partial charge in [0, 0.05) is 51.2 Å². The van der Waals surface area contributed by atoms with Crippen molar-refractivity contribution < 1.29 is 9.59 Å². The van der Waals surface area contributed by atoms with Crippen molar-refractivity contribution in [1.29, 1.82) is 0 Å². The topological polar surface area (TPSA) is 70.5 Å². The van der Waals surface area contributed by atoms with Crippen LogP contribution in [-0.4, -0.2) is 69.9 Å². The van der Waals surface area contributed by atoms with E-state index in [1.54, 1.807) is 11.1 Å². The van der Waals surface area contributed by atoms with Crippen LogP contribution in [0.2, 0.25) is 0 Å². The van der Waals surface area contributed by atoms with Crippen LogP contribution >= 0.6 is 0 Å². The highest BCUT2D eigenvalue weighted by molar-refractivity contribution is 5.97. The van der Waals surface area contributed by atoms with Crippen molar-refractivity contribution in [3.63, 3.8) is 0 Å². The first-order valence-corrected chi connectivity index (χ1v) is 10.3. The molecule has 0 bridgehead atoms. The maximum absolute atomic E-state index is 13.3. The summed E-state index contributed by atoms with van der Waals surface area (Å²) in [5.41, 5.74) is 0. The molecule has 1 aliphatic heterocycles. The van der Waals surface area contributed by atoms with E-state index < -0.39 is 0 Å². The van der Waals surface area contributed by atoms with Crippen molar-refractivity contribution in [2.45, 2.75) is 58.5 Å². The van der Waals surface area contributed by atoms with Crippen molar-refractivity contribution in [3.05, 3.63) is 18.2 Å². The zero-order valence-electron chi connectivity index (χ0n) is 16.7. The minimum Gasteiger partial charge on any atom is -0.334 e. The number of imidazole rings is 1. The Balaban J connectivity index is 1.70. The van der Waals surface area contributed by atoms with Gasteiger partial charge in [0.2, 0.25) is 11.8 Å². The van der Waals surface area contributed by atoms with E-state index in [0.29, 0.717) is 13.1 Å². The van der Waals surface area contributed by atoms with Crippen LogP contribution in [0, 0.1) is 12.8 Å². The number of nitrogens with zero attached hydrogens (tertiary/aromatic N) is 4. The van der Waals surface area contributed by atoms with Gasteiger partial charge in [0.15, 0.2) is 0 Å². The molecule has 7 heteroatoms. The molecule has 1 aromatic heterocycles. The van der Waals surface area contributed by atoms with Crippen molar-refractivity contribution in [1.82, 2.24) is 24.7 Å². The van der Waals surface area contributed by atoms with Gasteiger partial charge in [-0.2, -0.15) is 0 Å². The van der Waals surface area contributed by atoms with E-state index in [-0.39, 0.29) is 23.8 Å². The molecule has 150 valence electrons. The van der Waals surface area contributed by atoms with Crippen molar-refractivity contribution in [3.8, 4) is 0 Å². The fourth-order valence-corrected chi connectivity index (χ4v) is 4.19. The molecule has 1 saturated heterocycles. The molecule has 1 aliphatic carbocycles. The van der Waals surface area contributed by atoms with Crippen molar-refractivity contribution in [2.24, 2.45) is 5.92 Å². The number of imide groups is 1. The van der Waals surface area contributed by atoms with Gasteiger partial charge in [-0.25, -0.2) is 4.98 Å². The van der Waals surface area contributed by atoms with E-state index in [2.05, 4.69) is 15.2 Å². The first-order chi connectivity index (χ1) is 13.1. The number of aryl methyl sites for hydroxylation is 1. The summed E-state index contributed by atoms with van der Waals surface area (Å²) in [7, 11) is 0. The highest BCUT2D eigenvalue weighted by Crippen LogP contribution is 2.25. The Bertz CT molecular complexity index is 632. The molecule has 3 rings (SSSR count). The fraction of sp³-hybridized carbons (Fsp3) is 0.750. The Kier molecular flexibility index (Phi) is 7.01. The van der Waals surface area contributed by atoms with Crippen LogP contribution in [0.5, 0.6) is 0 Å². The van der Waals surface area contributed by atoms with E-state index in [1.807, 2.05) is 24.6 Å². The number of hydrogen-bond donors (Lipinski definition) is 1. The van der Waals surface area contributed by atoms with Gasteiger partial charge in [-0.1, -0.05) is 26.2 Å². The van der Waals surface area contributed by atoms with Crippen LogP contribution in [0.3, 0.4) is 0 Å². The molecule has 2 fully saturated rings. The average molecular weight is 376 g/mol. The minimum absolute atomic E-state index is 0.0250. The summed E-state index contributed by atoms with van der Waals surface area (Å²) in [5, 5.41) is 3.31. The Morgan fingerprint density at radius 2 is 1.96 bits per heavy atom. The second-order valence-corrected chi connectivity index (χ2v) is 7.95. The third-order valence-corrected chi connectivity index (χ3v) is 5.83. The highest BCUT2D eigenvalue weighted by atomic mass is 16.2. The van der Waals surface area contributed by atoms with E-state index >= 15 is 0 Å². The lowest BCUT2D eigenvalue weighted by molar-refractivity contribution is -0.152. The summed E-state index contributed by atoms with van der Waals surface area (Å²) in [6, 6.07) is 0.0630. The van der Waals surface area contributed by atoms with Crippen molar-refractivity contribution >= 4 is 11.8 Å². The van der Waals surface area contributed by atoms with Crippen LogP contribution in [0.25, 0.3) is 0 Å². The summed E-state index contributed by atoms with van der Waals surface area (Å²) < 4.78 is 1.99. The Labute approximate surface area is 162 Å². The molecule has 0 aromatic carbocycles. The number of aromatic nitrogens is 2. The Hall–Kier alpha value is -1.73. The highest BCUT2D eigenvalue weighted by Gasteiger charge is 2.34. The number of amides is 2. The van der Waals surface area contributed by atoms with Gasteiger partial charge >= 0.3 is 0 Å². The van der Waals surface area contributed by atoms with Crippen molar-refractivity contribution in [2.75, 3.05) is 32.7 Å². The zero-order chi connectivity index (χ0) is 19.2. The lowest BCUT2D eigenvalue weighted by atomic mass is 9.93. The summed E-state index contributed by atoms with van der Waals surface area (Å²) in [6.45, 7) is 8.31. The fourth-order valence-electron chi connectivity index (χ4n) is 4.19. The van der Waals surface area contributed by atoms with E-state index in [1.165, 1.54) is 6.42 Å². The van der Waals surface area contributed by atoms with Gasteiger partial charge < -0.3 is 9.88 Å². The summed E-state index contributed by atoms with van der Waals surface area (Å²) in [5.74, 6) is 0.593. The summed E-state index contributed by atoms with van der Waals surface area (Å²) in [4.78, 5) is 34.5. The van der Waals surface area contributed by atoms with E-state index in [0.717, 1.165) is 57.7 Å².